The number of carbonyl (C=O) groups is 1. The van der Waals surface area contributed by atoms with Crippen molar-refractivity contribution in [1.82, 2.24) is 4.31 Å². The van der Waals surface area contributed by atoms with Crippen LogP contribution in [0.3, 0.4) is 0 Å². The molecule has 0 saturated carbocycles. The molecule has 4 rings (SSSR count). The summed E-state index contributed by atoms with van der Waals surface area (Å²) in [6, 6.07) is 13.8. The van der Waals surface area contributed by atoms with E-state index in [4.69, 9.17) is 4.74 Å². The summed E-state index contributed by atoms with van der Waals surface area (Å²) in [5, 5.41) is 2.83. The van der Waals surface area contributed by atoms with Crippen LogP contribution in [-0.2, 0) is 14.8 Å². The van der Waals surface area contributed by atoms with Crippen LogP contribution in [0.25, 0.3) is 5.70 Å². The molecule has 0 spiro atoms. The van der Waals surface area contributed by atoms with Crippen molar-refractivity contribution >= 4 is 27.3 Å². The summed E-state index contributed by atoms with van der Waals surface area (Å²) in [6.07, 6.45) is 0.394. The summed E-state index contributed by atoms with van der Waals surface area (Å²) in [4.78, 5) is 13.0. The van der Waals surface area contributed by atoms with Crippen LogP contribution in [0.5, 0.6) is 5.75 Å². The minimum Gasteiger partial charge on any atom is -0.497 e. The van der Waals surface area contributed by atoms with Gasteiger partial charge in [0.1, 0.15) is 5.75 Å². The standard InChI is InChI=1S/C18H16N2O4S/c1-24-13-8-6-12(7-9-13)19-18(21)15-10-11-20-17(15)14-4-2-3-5-16(14)25(20,22)23/h2-9H,10-11H2,1H3,(H,19,21). The molecule has 0 aromatic heterocycles. The number of hydrogen-bond donors (Lipinski definition) is 1. The second-order valence-electron chi connectivity index (χ2n) is 5.83. The second kappa shape index (κ2) is 5.63. The third-order valence-corrected chi connectivity index (χ3v) is 6.29. The van der Waals surface area contributed by atoms with Crippen molar-refractivity contribution in [3.63, 3.8) is 0 Å². The monoisotopic (exact) mass is 356 g/mol. The maximum Gasteiger partial charge on any atom is 0.265 e. The molecule has 1 N–H and O–H groups in total. The van der Waals surface area contributed by atoms with Gasteiger partial charge in [0.15, 0.2) is 0 Å². The predicted molar refractivity (Wildman–Crippen MR) is 93.5 cm³/mol. The molecule has 0 aliphatic carbocycles. The summed E-state index contributed by atoms with van der Waals surface area (Å²) < 4.78 is 31.6. The molecule has 2 aromatic rings. The number of rotatable bonds is 3. The lowest BCUT2D eigenvalue weighted by Gasteiger charge is -2.12. The minimum atomic E-state index is -3.55. The van der Waals surface area contributed by atoms with Gasteiger partial charge in [0.05, 0.1) is 17.7 Å². The van der Waals surface area contributed by atoms with E-state index in [0.29, 0.717) is 34.7 Å². The Morgan fingerprint density at radius 2 is 1.84 bits per heavy atom. The Morgan fingerprint density at radius 3 is 2.56 bits per heavy atom. The summed E-state index contributed by atoms with van der Waals surface area (Å²) in [7, 11) is -1.98. The van der Waals surface area contributed by atoms with Crippen LogP contribution in [0.15, 0.2) is 59.0 Å². The number of benzene rings is 2. The number of nitrogens with one attached hydrogen (secondary N) is 1. The zero-order valence-corrected chi connectivity index (χ0v) is 14.3. The van der Waals surface area contributed by atoms with Crippen molar-refractivity contribution in [2.45, 2.75) is 11.3 Å². The molecule has 0 bridgehead atoms. The molecule has 2 aliphatic heterocycles. The molecule has 2 aliphatic rings. The Bertz CT molecular complexity index is 994. The lowest BCUT2D eigenvalue weighted by molar-refractivity contribution is -0.112. The molecule has 2 aromatic carbocycles. The van der Waals surface area contributed by atoms with Crippen molar-refractivity contribution in [1.29, 1.82) is 0 Å². The van der Waals surface area contributed by atoms with Gasteiger partial charge in [-0.2, -0.15) is 0 Å². The van der Waals surface area contributed by atoms with Gasteiger partial charge < -0.3 is 10.1 Å². The topological polar surface area (TPSA) is 75.7 Å². The lowest BCUT2D eigenvalue weighted by atomic mass is 10.1. The van der Waals surface area contributed by atoms with E-state index in [1.54, 1.807) is 55.6 Å². The van der Waals surface area contributed by atoms with E-state index in [1.165, 1.54) is 4.31 Å². The third kappa shape index (κ3) is 2.39. The van der Waals surface area contributed by atoms with E-state index in [2.05, 4.69) is 5.32 Å². The molecular weight excluding hydrogens is 340 g/mol. The SMILES string of the molecule is COc1ccc(NC(=O)C2=C3c4ccccc4S(=O)(=O)N3CC2)cc1. The first-order valence-corrected chi connectivity index (χ1v) is 9.27. The van der Waals surface area contributed by atoms with Crippen molar-refractivity contribution in [2.75, 3.05) is 19.0 Å². The Kier molecular flexibility index (Phi) is 3.54. The van der Waals surface area contributed by atoms with Gasteiger partial charge in [-0.1, -0.05) is 18.2 Å². The average Bonchev–Trinajstić information content (AvgIpc) is 3.16. The van der Waals surface area contributed by atoms with E-state index >= 15 is 0 Å². The van der Waals surface area contributed by atoms with E-state index in [1.807, 2.05) is 0 Å². The van der Waals surface area contributed by atoms with E-state index < -0.39 is 10.0 Å². The Hall–Kier alpha value is -2.80. The van der Waals surface area contributed by atoms with Crippen LogP contribution in [0, 0.1) is 0 Å². The quantitative estimate of drug-likeness (QED) is 0.917. The highest BCUT2D eigenvalue weighted by atomic mass is 32.2. The van der Waals surface area contributed by atoms with Gasteiger partial charge in [-0.3, -0.25) is 9.10 Å². The van der Waals surface area contributed by atoms with Gasteiger partial charge >= 0.3 is 0 Å². The summed E-state index contributed by atoms with van der Waals surface area (Å²) in [5.74, 6) is 0.414. The van der Waals surface area contributed by atoms with Gasteiger partial charge in [-0.05, 0) is 36.8 Å². The fourth-order valence-electron chi connectivity index (χ4n) is 3.24. The van der Waals surface area contributed by atoms with E-state index in [-0.39, 0.29) is 17.3 Å². The minimum absolute atomic E-state index is 0.263. The number of methoxy groups -OCH3 is 1. The molecule has 0 fully saturated rings. The third-order valence-electron chi connectivity index (χ3n) is 4.43. The van der Waals surface area contributed by atoms with Crippen LogP contribution in [-0.4, -0.2) is 32.3 Å². The number of fused-ring (bicyclic) bond motifs is 3. The number of nitrogens with zero attached hydrogens (tertiary/aromatic N) is 1. The van der Waals surface area contributed by atoms with Gasteiger partial charge in [-0.25, -0.2) is 8.42 Å². The van der Waals surface area contributed by atoms with Gasteiger partial charge in [0, 0.05) is 23.4 Å². The van der Waals surface area contributed by atoms with Gasteiger partial charge in [0.2, 0.25) is 0 Å². The van der Waals surface area contributed by atoms with Crippen molar-refractivity contribution in [2.24, 2.45) is 0 Å². The Balaban J connectivity index is 1.71. The summed E-state index contributed by atoms with van der Waals surface area (Å²) in [5.41, 5.74) is 2.22. The van der Waals surface area contributed by atoms with Gasteiger partial charge in [0.25, 0.3) is 15.9 Å². The molecule has 0 saturated heterocycles. The molecule has 25 heavy (non-hydrogen) atoms. The van der Waals surface area contributed by atoms with Crippen molar-refractivity contribution in [3.05, 3.63) is 59.7 Å². The molecule has 0 radical (unpaired) electrons. The van der Waals surface area contributed by atoms with Crippen LogP contribution in [0.2, 0.25) is 0 Å². The first-order chi connectivity index (χ1) is 12.0. The molecule has 2 heterocycles. The molecule has 7 heteroatoms. The van der Waals surface area contributed by atoms with Crippen LogP contribution >= 0.6 is 0 Å². The molecular formula is C18H16N2O4S. The maximum absolute atomic E-state index is 12.7. The van der Waals surface area contributed by atoms with Crippen LogP contribution < -0.4 is 10.1 Å². The molecule has 0 unspecified atom stereocenters. The number of amides is 1. The first-order valence-electron chi connectivity index (χ1n) is 7.83. The number of sulfonamides is 1. The van der Waals surface area contributed by atoms with E-state index in [9.17, 15) is 13.2 Å². The fourth-order valence-corrected chi connectivity index (χ4v) is 4.95. The Morgan fingerprint density at radius 1 is 1.12 bits per heavy atom. The molecule has 128 valence electrons. The smallest absolute Gasteiger partial charge is 0.265 e. The predicted octanol–water partition coefficient (Wildman–Crippen LogP) is 2.45. The highest BCUT2D eigenvalue weighted by molar-refractivity contribution is 7.90. The normalized spacial score (nSPS) is 17.2. The van der Waals surface area contributed by atoms with Crippen LogP contribution in [0.1, 0.15) is 12.0 Å². The van der Waals surface area contributed by atoms with Crippen molar-refractivity contribution < 1.29 is 17.9 Å². The Labute approximate surface area is 145 Å². The average molecular weight is 356 g/mol. The van der Waals surface area contributed by atoms with E-state index in [0.717, 1.165) is 0 Å². The second-order valence-corrected chi connectivity index (χ2v) is 7.66. The summed E-state index contributed by atoms with van der Waals surface area (Å²) >= 11 is 0. The molecule has 1 amide bonds. The van der Waals surface area contributed by atoms with Crippen molar-refractivity contribution in [3.8, 4) is 5.75 Å². The zero-order valence-electron chi connectivity index (χ0n) is 13.5. The number of carbonyl (C=O) groups excluding carboxylic acids is 1. The highest BCUT2D eigenvalue weighted by Crippen LogP contribution is 2.44. The lowest BCUT2D eigenvalue weighted by Crippen LogP contribution is -2.21. The fraction of sp³-hybridized carbons (Fsp3) is 0.167. The number of anilines is 1. The summed E-state index contributed by atoms with van der Waals surface area (Å²) in [6.45, 7) is 0.289. The zero-order chi connectivity index (χ0) is 17.6. The van der Waals surface area contributed by atoms with Gasteiger partial charge in [-0.15, -0.1) is 0 Å². The highest BCUT2D eigenvalue weighted by Gasteiger charge is 2.43. The number of ether oxygens (including phenoxy) is 1. The first kappa shape index (κ1) is 15.7. The molecule has 0 atom stereocenters. The largest absolute Gasteiger partial charge is 0.497 e. The molecule has 6 nitrogen and oxygen atoms in total. The maximum atomic E-state index is 12.7. The number of hydrogen-bond acceptors (Lipinski definition) is 4. The van der Waals surface area contributed by atoms with Crippen LogP contribution in [0.4, 0.5) is 5.69 Å².